The first-order valence-electron chi connectivity index (χ1n) is 8.29. The topological polar surface area (TPSA) is 49.8 Å². The fourth-order valence-electron chi connectivity index (χ4n) is 2.57. The van der Waals surface area contributed by atoms with Crippen molar-refractivity contribution in [1.82, 2.24) is 9.97 Å². The summed E-state index contributed by atoms with van der Waals surface area (Å²) in [5.41, 5.74) is 3.11. The average Bonchev–Trinajstić information content (AvgIpc) is 3.32. The molecule has 3 aromatic heterocycles. The van der Waals surface area contributed by atoms with Crippen LogP contribution in [0, 0.1) is 6.92 Å². The Balaban J connectivity index is 1.48. The van der Waals surface area contributed by atoms with Crippen LogP contribution in [0.1, 0.15) is 10.4 Å². The SMILES string of the molecule is Cc1cccc(Nc2nccc(-c3ccc(NCc4cccs4)s3)n2)c1. The summed E-state index contributed by atoms with van der Waals surface area (Å²) in [4.78, 5) is 11.4. The molecule has 2 N–H and O–H groups in total. The summed E-state index contributed by atoms with van der Waals surface area (Å²) in [6.45, 7) is 2.92. The zero-order valence-corrected chi connectivity index (χ0v) is 15.9. The van der Waals surface area contributed by atoms with Crippen LogP contribution in [-0.4, -0.2) is 9.97 Å². The Kier molecular flexibility index (Phi) is 4.95. The molecule has 3 heterocycles. The molecule has 0 aliphatic heterocycles. The van der Waals surface area contributed by atoms with E-state index in [0.717, 1.165) is 27.8 Å². The van der Waals surface area contributed by atoms with Crippen molar-refractivity contribution in [1.29, 1.82) is 0 Å². The number of aromatic nitrogens is 2. The average molecular weight is 379 g/mol. The van der Waals surface area contributed by atoms with Crippen LogP contribution in [0.4, 0.5) is 16.6 Å². The third-order valence-electron chi connectivity index (χ3n) is 3.81. The van der Waals surface area contributed by atoms with Crippen molar-refractivity contribution in [2.24, 2.45) is 0 Å². The van der Waals surface area contributed by atoms with E-state index in [4.69, 9.17) is 0 Å². The summed E-state index contributed by atoms with van der Waals surface area (Å²) in [5.74, 6) is 0.606. The summed E-state index contributed by atoms with van der Waals surface area (Å²) in [7, 11) is 0. The molecule has 0 unspecified atom stereocenters. The lowest BCUT2D eigenvalue weighted by Crippen LogP contribution is -1.97. The van der Waals surface area contributed by atoms with E-state index in [0.29, 0.717) is 5.95 Å². The Hall–Kier alpha value is -2.70. The number of aryl methyl sites for hydroxylation is 1. The molecule has 6 heteroatoms. The van der Waals surface area contributed by atoms with Crippen LogP contribution in [0.5, 0.6) is 0 Å². The molecule has 0 atom stereocenters. The second-order valence-electron chi connectivity index (χ2n) is 5.86. The predicted octanol–water partition coefficient (Wildman–Crippen LogP) is 5.93. The molecule has 1 aromatic carbocycles. The highest BCUT2D eigenvalue weighted by atomic mass is 32.1. The molecule has 4 aromatic rings. The number of thiophene rings is 2. The maximum atomic E-state index is 4.65. The van der Waals surface area contributed by atoms with Gasteiger partial charge in [-0.2, -0.15) is 0 Å². The van der Waals surface area contributed by atoms with Gasteiger partial charge in [-0.3, -0.25) is 0 Å². The Labute approximate surface area is 160 Å². The maximum absolute atomic E-state index is 4.65. The summed E-state index contributed by atoms with van der Waals surface area (Å²) in [5, 5.41) is 9.98. The minimum Gasteiger partial charge on any atom is -0.372 e. The summed E-state index contributed by atoms with van der Waals surface area (Å²) in [6.07, 6.45) is 1.79. The Morgan fingerprint density at radius 1 is 1.04 bits per heavy atom. The van der Waals surface area contributed by atoms with Gasteiger partial charge >= 0.3 is 0 Å². The fraction of sp³-hybridized carbons (Fsp3) is 0.100. The smallest absolute Gasteiger partial charge is 0.227 e. The van der Waals surface area contributed by atoms with Crippen LogP contribution in [0.15, 0.2) is 66.2 Å². The zero-order valence-electron chi connectivity index (χ0n) is 14.3. The first-order chi connectivity index (χ1) is 12.8. The third-order valence-corrected chi connectivity index (χ3v) is 5.75. The summed E-state index contributed by atoms with van der Waals surface area (Å²) >= 11 is 3.46. The normalized spacial score (nSPS) is 10.7. The largest absolute Gasteiger partial charge is 0.372 e. The molecule has 0 aliphatic rings. The molecular weight excluding hydrogens is 360 g/mol. The zero-order chi connectivity index (χ0) is 17.8. The van der Waals surface area contributed by atoms with Gasteiger partial charge in [-0.05, 0) is 54.3 Å². The lowest BCUT2D eigenvalue weighted by atomic mass is 10.2. The molecule has 4 rings (SSSR count). The van der Waals surface area contributed by atoms with Crippen molar-refractivity contribution in [3.8, 4) is 10.6 Å². The highest BCUT2D eigenvalue weighted by molar-refractivity contribution is 7.19. The number of rotatable bonds is 6. The van der Waals surface area contributed by atoms with E-state index >= 15 is 0 Å². The van der Waals surface area contributed by atoms with Gasteiger partial charge in [-0.15, -0.1) is 22.7 Å². The molecule has 130 valence electrons. The van der Waals surface area contributed by atoms with Crippen LogP contribution >= 0.6 is 22.7 Å². The molecule has 0 bridgehead atoms. The van der Waals surface area contributed by atoms with Crippen LogP contribution < -0.4 is 10.6 Å². The van der Waals surface area contributed by atoms with Gasteiger partial charge in [-0.1, -0.05) is 18.2 Å². The molecule has 0 fully saturated rings. The van der Waals surface area contributed by atoms with Crippen molar-refractivity contribution >= 4 is 39.3 Å². The fourth-order valence-corrected chi connectivity index (χ4v) is 4.08. The van der Waals surface area contributed by atoms with Crippen LogP contribution in [0.25, 0.3) is 10.6 Å². The predicted molar refractivity (Wildman–Crippen MR) is 111 cm³/mol. The highest BCUT2D eigenvalue weighted by Gasteiger charge is 2.07. The van der Waals surface area contributed by atoms with Crippen molar-refractivity contribution < 1.29 is 0 Å². The van der Waals surface area contributed by atoms with E-state index in [9.17, 15) is 0 Å². The van der Waals surface area contributed by atoms with E-state index < -0.39 is 0 Å². The molecular formula is C20H18N4S2. The first-order valence-corrected chi connectivity index (χ1v) is 9.99. The number of nitrogens with one attached hydrogen (secondary N) is 2. The quantitative estimate of drug-likeness (QED) is 0.436. The van der Waals surface area contributed by atoms with Crippen molar-refractivity contribution in [3.63, 3.8) is 0 Å². The standard InChI is InChI=1S/C20H18N4S2/c1-14-4-2-5-15(12-14)23-20-21-10-9-17(24-20)18-7-8-19(26-18)22-13-16-6-3-11-25-16/h2-12,22H,13H2,1H3,(H,21,23,24). The van der Waals surface area contributed by atoms with Crippen LogP contribution in [-0.2, 0) is 6.54 Å². The lowest BCUT2D eigenvalue weighted by molar-refractivity contribution is 1.17. The van der Waals surface area contributed by atoms with Crippen molar-refractivity contribution in [3.05, 3.63) is 76.6 Å². The van der Waals surface area contributed by atoms with E-state index in [1.165, 1.54) is 10.4 Å². The minimum atomic E-state index is 0.606. The van der Waals surface area contributed by atoms with Crippen molar-refractivity contribution in [2.45, 2.75) is 13.5 Å². The van der Waals surface area contributed by atoms with Gasteiger partial charge in [0, 0.05) is 16.8 Å². The van der Waals surface area contributed by atoms with Gasteiger partial charge in [-0.25, -0.2) is 9.97 Å². The van der Waals surface area contributed by atoms with Crippen molar-refractivity contribution in [2.75, 3.05) is 10.6 Å². The molecule has 0 amide bonds. The molecule has 4 nitrogen and oxygen atoms in total. The highest BCUT2D eigenvalue weighted by Crippen LogP contribution is 2.31. The number of anilines is 3. The van der Waals surface area contributed by atoms with Gasteiger partial charge in [0.2, 0.25) is 5.95 Å². The monoisotopic (exact) mass is 378 g/mol. The lowest BCUT2D eigenvalue weighted by Gasteiger charge is -2.06. The van der Waals surface area contributed by atoms with Crippen LogP contribution in [0.2, 0.25) is 0 Å². The minimum absolute atomic E-state index is 0.606. The van der Waals surface area contributed by atoms with Gasteiger partial charge < -0.3 is 10.6 Å². The Morgan fingerprint density at radius 3 is 2.85 bits per heavy atom. The number of hydrogen-bond acceptors (Lipinski definition) is 6. The Bertz CT molecular complexity index is 992. The first kappa shape index (κ1) is 16.8. The molecule has 0 spiro atoms. The summed E-state index contributed by atoms with van der Waals surface area (Å²) < 4.78 is 0. The van der Waals surface area contributed by atoms with E-state index in [1.807, 2.05) is 18.2 Å². The number of hydrogen-bond donors (Lipinski definition) is 2. The molecule has 0 saturated heterocycles. The van der Waals surface area contributed by atoms with Gasteiger partial charge in [0.25, 0.3) is 0 Å². The van der Waals surface area contributed by atoms with Gasteiger partial charge in [0.05, 0.1) is 22.1 Å². The second kappa shape index (κ2) is 7.68. The molecule has 26 heavy (non-hydrogen) atoms. The maximum Gasteiger partial charge on any atom is 0.227 e. The number of nitrogens with zero attached hydrogens (tertiary/aromatic N) is 2. The van der Waals surface area contributed by atoms with Crippen LogP contribution in [0.3, 0.4) is 0 Å². The number of benzene rings is 1. The molecule has 0 saturated carbocycles. The molecule has 0 aliphatic carbocycles. The second-order valence-corrected chi connectivity index (χ2v) is 7.97. The molecule has 0 radical (unpaired) electrons. The van der Waals surface area contributed by atoms with E-state index in [1.54, 1.807) is 28.9 Å². The van der Waals surface area contributed by atoms with E-state index in [2.05, 4.69) is 69.3 Å². The summed E-state index contributed by atoms with van der Waals surface area (Å²) in [6, 6.07) is 18.5. The van der Waals surface area contributed by atoms with Gasteiger partial charge in [0.15, 0.2) is 0 Å². The van der Waals surface area contributed by atoms with E-state index in [-0.39, 0.29) is 0 Å². The Morgan fingerprint density at radius 2 is 2.00 bits per heavy atom. The van der Waals surface area contributed by atoms with Gasteiger partial charge in [0.1, 0.15) is 0 Å². The third kappa shape index (κ3) is 4.09.